The third-order valence-electron chi connectivity index (χ3n) is 4.85. The first-order valence-electron chi connectivity index (χ1n) is 8.52. The van der Waals surface area contributed by atoms with Crippen LogP contribution in [-0.2, 0) is 11.8 Å². The summed E-state index contributed by atoms with van der Waals surface area (Å²) in [5.41, 5.74) is 1.15. The van der Waals surface area contributed by atoms with Crippen molar-refractivity contribution in [1.82, 2.24) is 4.57 Å². The van der Waals surface area contributed by atoms with Crippen LogP contribution in [0.1, 0.15) is 22.8 Å². The first-order chi connectivity index (χ1) is 13.4. The van der Waals surface area contributed by atoms with E-state index >= 15 is 0 Å². The molecule has 2 heterocycles. The van der Waals surface area contributed by atoms with E-state index in [4.69, 9.17) is 0 Å². The summed E-state index contributed by atoms with van der Waals surface area (Å²) in [5, 5.41) is 0. The number of benzene rings is 2. The number of amides is 1. The normalized spacial score (nSPS) is 16.4. The standard InChI is InChI=1S/C20H16F2N2O2S2/c1-23-19-18(28-20(23)26)14(11-3-6-13(27-2)7-4-11)10-17(25)24(19)12-5-8-15(21)16(22)9-12/h3-9,14H,10H2,1-2H3/t14-/m1/s1. The van der Waals surface area contributed by atoms with Crippen molar-refractivity contribution in [3.63, 3.8) is 0 Å². The summed E-state index contributed by atoms with van der Waals surface area (Å²) in [7, 11) is 1.58. The molecule has 0 saturated heterocycles. The Morgan fingerprint density at radius 3 is 2.43 bits per heavy atom. The minimum absolute atomic E-state index is 0.143. The Morgan fingerprint density at radius 1 is 1.07 bits per heavy atom. The van der Waals surface area contributed by atoms with Crippen LogP contribution in [0.15, 0.2) is 52.2 Å². The molecule has 4 rings (SSSR count). The molecule has 0 spiro atoms. The van der Waals surface area contributed by atoms with Crippen LogP contribution < -0.4 is 9.77 Å². The molecule has 1 aliphatic heterocycles. The fourth-order valence-electron chi connectivity index (χ4n) is 3.42. The topological polar surface area (TPSA) is 42.3 Å². The number of anilines is 2. The smallest absolute Gasteiger partial charge is 0.288 e. The molecule has 144 valence electrons. The lowest BCUT2D eigenvalue weighted by Crippen LogP contribution is -2.34. The molecular weight excluding hydrogens is 402 g/mol. The van der Waals surface area contributed by atoms with Crippen LogP contribution in [-0.4, -0.2) is 16.7 Å². The van der Waals surface area contributed by atoms with Gasteiger partial charge in [0.2, 0.25) is 5.91 Å². The van der Waals surface area contributed by atoms with E-state index in [1.807, 2.05) is 30.5 Å². The van der Waals surface area contributed by atoms with Gasteiger partial charge in [0.1, 0.15) is 5.82 Å². The average Bonchev–Trinajstić information content (AvgIpc) is 2.98. The highest BCUT2D eigenvalue weighted by molar-refractivity contribution is 7.98. The molecule has 2 aromatic carbocycles. The number of thiazole rings is 1. The summed E-state index contributed by atoms with van der Waals surface area (Å²) < 4.78 is 28.5. The zero-order chi connectivity index (χ0) is 20.0. The molecule has 3 aromatic rings. The molecule has 0 saturated carbocycles. The van der Waals surface area contributed by atoms with E-state index < -0.39 is 11.6 Å². The summed E-state index contributed by atoms with van der Waals surface area (Å²) >= 11 is 2.70. The molecular formula is C20H16F2N2O2S2. The number of rotatable bonds is 3. The zero-order valence-corrected chi connectivity index (χ0v) is 16.7. The number of halogens is 2. The highest BCUT2D eigenvalue weighted by Gasteiger charge is 2.37. The van der Waals surface area contributed by atoms with Crippen molar-refractivity contribution >= 4 is 40.5 Å². The van der Waals surface area contributed by atoms with Gasteiger partial charge in [-0.2, -0.15) is 0 Å². The van der Waals surface area contributed by atoms with Crippen molar-refractivity contribution < 1.29 is 13.6 Å². The highest BCUT2D eigenvalue weighted by Crippen LogP contribution is 2.44. The molecule has 0 aliphatic carbocycles. The average molecular weight is 418 g/mol. The maximum Gasteiger partial charge on any atom is 0.308 e. The van der Waals surface area contributed by atoms with Crippen molar-refractivity contribution in [3.8, 4) is 0 Å². The molecule has 0 N–H and O–H groups in total. The fourth-order valence-corrected chi connectivity index (χ4v) is 4.92. The van der Waals surface area contributed by atoms with Gasteiger partial charge in [0.15, 0.2) is 11.6 Å². The predicted molar refractivity (Wildman–Crippen MR) is 108 cm³/mol. The second kappa shape index (κ2) is 7.18. The summed E-state index contributed by atoms with van der Waals surface area (Å²) in [6, 6.07) is 11.2. The molecule has 1 aromatic heterocycles. The van der Waals surface area contributed by atoms with Crippen LogP contribution in [0, 0.1) is 11.6 Å². The highest BCUT2D eigenvalue weighted by atomic mass is 32.2. The zero-order valence-electron chi connectivity index (χ0n) is 15.1. The molecule has 1 aliphatic rings. The van der Waals surface area contributed by atoms with Gasteiger partial charge >= 0.3 is 4.87 Å². The van der Waals surface area contributed by atoms with Gasteiger partial charge in [0.25, 0.3) is 0 Å². The van der Waals surface area contributed by atoms with Gasteiger partial charge in [0, 0.05) is 30.3 Å². The van der Waals surface area contributed by atoms with E-state index in [9.17, 15) is 18.4 Å². The number of fused-ring (bicyclic) bond motifs is 1. The van der Waals surface area contributed by atoms with Crippen LogP contribution >= 0.6 is 23.1 Å². The summed E-state index contributed by atoms with van der Waals surface area (Å²) in [5.74, 6) is -2.14. The molecule has 0 fully saturated rings. The molecule has 1 amide bonds. The van der Waals surface area contributed by atoms with Gasteiger partial charge in [0.05, 0.1) is 10.6 Å². The van der Waals surface area contributed by atoms with Gasteiger partial charge in [-0.1, -0.05) is 23.5 Å². The van der Waals surface area contributed by atoms with E-state index in [2.05, 4.69) is 0 Å². The number of nitrogens with zero attached hydrogens (tertiary/aromatic N) is 2. The van der Waals surface area contributed by atoms with Gasteiger partial charge in [-0.15, -0.1) is 11.8 Å². The Kier molecular flexibility index (Phi) is 4.84. The molecule has 28 heavy (non-hydrogen) atoms. The first-order valence-corrected chi connectivity index (χ1v) is 10.6. The number of hydrogen-bond acceptors (Lipinski definition) is 4. The quantitative estimate of drug-likeness (QED) is 0.582. The second-order valence-corrected chi connectivity index (χ2v) is 8.35. The number of aromatic nitrogens is 1. The number of thioether (sulfide) groups is 1. The van der Waals surface area contributed by atoms with Crippen LogP contribution in [0.5, 0.6) is 0 Å². The third-order valence-corrected chi connectivity index (χ3v) is 6.72. The van der Waals surface area contributed by atoms with Gasteiger partial charge < -0.3 is 0 Å². The van der Waals surface area contributed by atoms with E-state index in [1.54, 1.807) is 18.8 Å². The molecule has 4 nitrogen and oxygen atoms in total. The number of hydrogen-bond donors (Lipinski definition) is 0. The Balaban J connectivity index is 1.86. The van der Waals surface area contributed by atoms with Crippen LogP contribution in [0.3, 0.4) is 0 Å². The van der Waals surface area contributed by atoms with Gasteiger partial charge in [-0.05, 0) is 36.1 Å². The van der Waals surface area contributed by atoms with Crippen LogP contribution in [0.2, 0.25) is 0 Å². The molecule has 1 atom stereocenters. The van der Waals surface area contributed by atoms with Crippen molar-refractivity contribution in [2.24, 2.45) is 7.05 Å². The van der Waals surface area contributed by atoms with Crippen molar-refractivity contribution in [2.45, 2.75) is 17.2 Å². The van der Waals surface area contributed by atoms with Crippen LogP contribution in [0.4, 0.5) is 20.3 Å². The van der Waals surface area contributed by atoms with E-state index in [1.165, 1.54) is 15.5 Å². The molecule has 8 heteroatoms. The Hall–Kier alpha value is -2.45. The molecule has 0 unspecified atom stereocenters. The molecule has 0 radical (unpaired) electrons. The molecule has 0 bridgehead atoms. The monoisotopic (exact) mass is 418 g/mol. The maximum atomic E-state index is 13.8. The summed E-state index contributed by atoms with van der Waals surface area (Å²) in [6.07, 6.45) is 2.13. The minimum Gasteiger partial charge on any atom is -0.288 e. The Bertz CT molecular complexity index is 1120. The lowest BCUT2D eigenvalue weighted by atomic mass is 9.90. The SMILES string of the molecule is CSc1ccc([C@H]2CC(=O)N(c3ccc(F)c(F)c3)c3c2sc(=O)n3C)cc1. The summed E-state index contributed by atoms with van der Waals surface area (Å²) in [6.45, 7) is 0. The third kappa shape index (κ3) is 3.06. The Morgan fingerprint density at radius 2 is 1.79 bits per heavy atom. The van der Waals surface area contributed by atoms with Crippen molar-refractivity contribution in [3.05, 3.63) is 74.2 Å². The first kappa shape index (κ1) is 18.9. The van der Waals surface area contributed by atoms with Crippen molar-refractivity contribution in [2.75, 3.05) is 11.2 Å². The second-order valence-electron chi connectivity index (χ2n) is 6.47. The van der Waals surface area contributed by atoms with Gasteiger partial charge in [-0.25, -0.2) is 8.78 Å². The lowest BCUT2D eigenvalue weighted by Gasteiger charge is -2.32. The number of carbonyl (C=O) groups is 1. The predicted octanol–water partition coefficient (Wildman–Crippen LogP) is 4.65. The summed E-state index contributed by atoms with van der Waals surface area (Å²) in [4.78, 5) is 28.4. The Labute approximate surface area is 168 Å². The lowest BCUT2D eigenvalue weighted by molar-refractivity contribution is -0.118. The van der Waals surface area contributed by atoms with Crippen LogP contribution in [0.25, 0.3) is 0 Å². The maximum absolute atomic E-state index is 13.8. The van der Waals surface area contributed by atoms with E-state index in [0.29, 0.717) is 5.82 Å². The van der Waals surface area contributed by atoms with Crippen molar-refractivity contribution in [1.29, 1.82) is 0 Å². The van der Waals surface area contributed by atoms with Gasteiger partial charge in [-0.3, -0.25) is 19.1 Å². The van der Waals surface area contributed by atoms with E-state index in [0.717, 1.165) is 38.8 Å². The fraction of sp³-hybridized carbons (Fsp3) is 0.200. The number of carbonyl (C=O) groups excluding carboxylic acids is 1. The largest absolute Gasteiger partial charge is 0.308 e. The van der Waals surface area contributed by atoms with E-state index in [-0.39, 0.29) is 28.8 Å². The minimum atomic E-state index is -1.04.